The van der Waals surface area contributed by atoms with E-state index in [9.17, 15) is 9.18 Å². The number of anilines is 2. The lowest BCUT2D eigenvalue weighted by Crippen LogP contribution is -2.18. The normalized spacial score (nSPS) is 10.5. The second kappa shape index (κ2) is 6.39. The molecule has 0 aliphatic carbocycles. The topological polar surface area (TPSA) is 41.1 Å². The minimum absolute atomic E-state index is 0.203. The number of nitrogens with one attached hydrogen (secondary N) is 2. The van der Waals surface area contributed by atoms with E-state index in [0.29, 0.717) is 11.1 Å². The van der Waals surface area contributed by atoms with Crippen LogP contribution < -0.4 is 10.6 Å². The van der Waals surface area contributed by atoms with Gasteiger partial charge >= 0.3 is 0 Å². The lowest BCUT2D eigenvalue weighted by atomic mass is 10.1. The molecule has 2 aromatic rings. The minimum Gasteiger partial charge on any atom is -0.382 e. The van der Waals surface area contributed by atoms with Crippen molar-refractivity contribution < 1.29 is 9.18 Å². The fourth-order valence-corrected chi connectivity index (χ4v) is 2.09. The smallest absolute Gasteiger partial charge is 0.257 e. The molecule has 0 aliphatic rings. The number of carbonyl (C=O) groups is 1. The van der Waals surface area contributed by atoms with Gasteiger partial charge in [-0.3, -0.25) is 4.79 Å². The Morgan fingerprint density at radius 3 is 2.48 bits per heavy atom. The molecule has 0 fully saturated rings. The van der Waals surface area contributed by atoms with Gasteiger partial charge in [-0.25, -0.2) is 4.39 Å². The molecule has 0 radical (unpaired) electrons. The second-order valence-electron chi connectivity index (χ2n) is 5.23. The van der Waals surface area contributed by atoms with Crippen molar-refractivity contribution in [1.82, 2.24) is 0 Å². The Bertz CT molecular complexity index is 633. The quantitative estimate of drug-likeness (QED) is 0.884. The van der Waals surface area contributed by atoms with Crippen molar-refractivity contribution in [2.24, 2.45) is 0 Å². The van der Waals surface area contributed by atoms with Gasteiger partial charge in [0.2, 0.25) is 0 Å². The third-order valence-electron chi connectivity index (χ3n) is 3.08. The highest BCUT2D eigenvalue weighted by molar-refractivity contribution is 6.08. The highest BCUT2D eigenvalue weighted by Crippen LogP contribution is 2.22. The summed E-state index contributed by atoms with van der Waals surface area (Å²) in [6.07, 6.45) is 0. The van der Waals surface area contributed by atoms with Gasteiger partial charge in [0.1, 0.15) is 5.82 Å². The van der Waals surface area contributed by atoms with Crippen molar-refractivity contribution in [3.05, 3.63) is 59.4 Å². The molecule has 4 heteroatoms. The van der Waals surface area contributed by atoms with Crippen LogP contribution in [0.15, 0.2) is 42.5 Å². The maximum absolute atomic E-state index is 13.8. The van der Waals surface area contributed by atoms with Gasteiger partial charge in [-0.05, 0) is 44.5 Å². The van der Waals surface area contributed by atoms with Crippen LogP contribution >= 0.6 is 0 Å². The zero-order chi connectivity index (χ0) is 15.4. The Hall–Kier alpha value is -2.36. The number of benzene rings is 2. The lowest BCUT2D eigenvalue weighted by molar-refractivity contribution is 0.102. The van der Waals surface area contributed by atoms with Crippen LogP contribution in [0.25, 0.3) is 0 Å². The van der Waals surface area contributed by atoms with E-state index in [1.165, 1.54) is 6.07 Å². The number of amides is 1. The first-order chi connectivity index (χ1) is 9.99. The first-order valence-corrected chi connectivity index (χ1v) is 6.91. The van der Waals surface area contributed by atoms with Gasteiger partial charge in [0, 0.05) is 11.7 Å². The summed E-state index contributed by atoms with van der Waals surface area (Å²) >= 11 is 0. The third-order valence-corrected chi connectivity index (χ3v) is 3.08. The van der Waals surface area contributed by atoms with Gasteiger partial charge in [-0.1, -0.05) is 24.3 Å². The predicted molar refractivity (Wildman–Crippen MR) is 84.3 cm³/mol. The van der Waals surface area contributed by atoms with Crippen molar-refractivity contribution in [3.8, 4) is 0 Å². The maximum atomic E-state index is 13.8. The minimum atomic E-state index is -0.433. The molecule has 0 heterocycles. The standard InChI is InChI=1S/C17H19FN2O/c1-11(2)19-15-10-5-4-8-13(15)17(21)20-16-12(3)7-6-9-14(16)18/h4-11,19H,1-3H3,(H,20,21). The zero-order valence-electron chi connectivity index (χ0n) is 12.4. The summed E-state index contributed by atoms with van der Waals surface area (Å²) in [5, 5.41) is 5.87. The number of carbonyl (C=O) groups excluding carboxylic acids is 1. The first-order valence-electron chi connectivity index (χ1n) is 6.91. The van der Waals surface area contributed by atoms with E-state index in [1.807, 2.05) is 26.0 Å². The summed E-state index contributed by atoms with van der Waals surface area (Å²) < 4.78 is 13.8. The molecule has 0 saturated heterocycles. The maximum Gasteiger partial charge on any atom is 0.257 e. The average Bonchev–Trinajstić information content (AvgIpc) is 2.43. The molecule has 0 unspecified atom stereocenters. The van der Waals surface area contributed by atoms with Crippen LogP contribution in [0.5, 0.6) is 0 Å². The zero-order valence-corrected chi connectivity index (χ0v) is 12.4. The lowest BCUT2D eigenvalue weighted by Gasteiger charge is -2.15. The van der Waals surface area contributed by atoms with E-state index in [2.05, 4.69) is 10.6 Å². The van der Waals surface area contributed by atoms with E-state index >= 15 is 0 Å². The van der Waals surface area contributed by atoms with Crippen molar-refractivity contribution in [3.63, 3.8) is 0 Å². The fraction of sp³-hybridized carbons (Fsp3) is 0.235. The van der Waals surface area contributed by atoms with Crippen molar-refractivity contribution in [1.29, 1.82) is 0 Å². The highest BCUT2D eigenvalue weighted by atomic mass is 19.1. The molecule has 0 spiro atoms. The molecule has 0 aromatic heterocycles. The number of hydrogen-bond acceptors (Lipinski definition) is 2. The summed E-state index contributed by atoms with van der Waals surface area (Å²) in [6, 6.07) is 12.1. The van der Waals surface area contributed by atoms with Crippen LogP contribution in [0.1, 0.15) is 29.8 Å². The van der Waals surface area contributed by atoms with Gasteiger partial charge < -0.3 is 10.6 Å². The van der Waals surface area contributed by atoms with Crippen molar-refractivity contribution in [2.45, 2.75) is 26.8 Å². The van der Waals surface area contributed by atoms with Gasteiger partial charge in [-0.2, -0.15) is 0 Å². The Labute approximate surface area is 124 Å². The molecule has 2 N–H and O–H groups in total. The molecule has 21 heavy (non-hydrogen) atoms. The number of hydrogen-bond donors (Lipinski definition) is 2. The molecule has 0 atom stereocenters. The number of halogens is 1. The van der Waals surface area contributed by atoms with Gasteiger partial charge in [0.05, 0.1) is 11.3 Å². The molecule has 0 bridgehead atoms. The van der Waals surface area contributed by atoms with E-state index in [-0.39, 0.29) is 17.6 Å². The van der Waals surface area contributed by atoms with Gasteiger partial charge in [-0.15, -0.1) is 0 Å². The predicted octanol–water partition coefficient (Wildman–Crippen LogP) is 4.21. The third kappa shape index (κ3) is 3.60. The van der Waals surface area contributed by atoms with Crippen molar-refractivity contribution >= 4 is 17.3 Å². The van der Waals surface area contributed by atoms with E-state index < -0.39 is 5.82 Å². The Balaban J connectivity index is 2.29. The number of para-hydroxylation sites is 2. The van der Waals surface area contributed by atoms with Crippen LogP contribution in [0.2, 0.25) is 0 Å². The van der Waals surface area contributed by atoms with E-state index in [4.69, 9.17) is 0 Å². The Kier molecular flexibility index (Phi) is 4.58. The summed E-state index contributed by atoms with van der Waals surface area (Å²) in [6.45, 7) is 5.75. The molecule has 0 aliphatic heterocycles. The molecule has 0 saturated carbocycles. The Morgan fingerprint density at radius 2 is 1.81 bits per heavy atom. The average molecular weight is 286 g/mol. The van der Waals surface area contributed by atoms with Crippen LogP contribution in [-0.4, -0.2) is 11.9 Å². The summed E-state index contributed by atoms with van der Waals surface area (Å²) in [5.41, 5.74) is 2.15. The largest absolute Gasteiger partial charge is 0.382 e. The van der Waals surface area contributed by atoms with Crippen LogP contribution in [0.3, 0.4) is 0 Å². The molecule has 2 rings (SSSR count). The van der Waals surface area contributed by atoms with Crippen LogP contribution in [-0.2, 0) is 0 Å². The Morgan fingerprint density at radius 1 is 1.10 bits per heavy atom. The SMILES string of the molecule is Cc1cccc(F)c1NC(=O)c1ccccc1NC(C)C. The fourth-order valence-electron chi connectivity index (χ4n) is 2.09. The molecule has 110 valence electrons. The van der Waals surface area contributed by atoms with Gasteiger partial charge in [0.25, 0.3) is 5.91 Å². The van der Waals surface area contributed by atoms with Crippen molar-refractivity contribution in [2.75, 3.05) is 10.6 Å². The number of aryl methyl sites for hydroxylation is 1. The molecule has 2 aromatic carbocycles. The summed E-state index contributed by atoms with van der Waals surface area (Å²) in [7, 11) is 0. The summed E-state index contributed by atoms with van der Waals surface area (Å²) in [5.74, 6) is -0.760. The second-order valence-corrected chi connectivity index (χ2v) is 5.23. The van der Waals surface area contributed by atoms with E-state index in [1.54, 1.807) is 31.2 Å². The van der Waals surface area contributed by atoms with Crippen LogP contribution in [0, 0.1) is 12.7 Å². The highest BCUT2D eigenvalue weighted by Gasteiger charge is 2.14. The molecule has 3 nitrogen and oxygen atoms in total. The first kappa shape index (κ1) is 15.0. The van der Waals surface area contributed by atoms with Crippen LogP contribution in [0.4, 0.5) is 15.8 Å². The molecular formula is C17H19FN2O. The molecule has 1 amide bonds. The number of rotatable bonds is 4. The summed E-state index contributed by atoms with van der Waals surface area (Å²) in [4.78, 5) is 12.4. The monoisotopic (exact) mass is 286 g/mol. The molecular weight excluding hydrogens is 267 g/mol. The van der Waals surface area contributed by atoms with Gasteiger partial charge in [0.15, 0.2) is 0 Å². The van der Waals surface area contributed by atoms with E-state index in [0.717, 1.165) is 5.69 Å².